The van der Waals surface area contributed by atoms with Gasteiger partial charge in [0.15, 0.2) is 0 Å². The lowest BCUT2D eigenvalue weighted by molar-refractivity contribution is 0.0129. The van der Waals surface area contributed by atoms with Crippen molar-refractivity contribution >= 4 is 40.1 Å². The molecule has 1 atom stereocenters. The molecule has 0 spiro atoms. The van der Waals surface area contributed by atoms with Crippen LogP contribution in [0.1, 0.15) is 23.2 Å². The number of likely N-dealkylation sites (tertiary alicyclic amines) is 1. The van der Waals surface area contributed by atoms with Gasteiger partial charge in [0.1, 0.15) is 16.9 Å². The van der Waals surface area contributed by atoms with E-state index in [1.807, 2.05) is 0 Å². The van der Waals surface area contributed by atoms with E-state index in [1.54, 1.807) is 6.07 Å². The van der Waals surface area contributed by atoms with Crippen molar-refractivity contribution in [3.05, 3.63) is 35.6 Å². The molecule has 29 heavy (non-hydrogen) atoms. The molecular formula is C18H20FN5O4S. The first-order valence-corrected chi connectivity index (χ1v) is 9.57. The van der Waals surface area contributed by atoms with Gasteiger partial charge in [-0.2, -0.15) is 0 Å². The molecule has 11 heteroatoms. The third-order valence-electron chi connectivity index (χ3n) is 4.44. The van der Waals surface area contributed by atoms with E-state index in [1.165, 1.54) is 23.1 Å². The molecule has 1 aliphatic rings. The van der Waals surface area contributed by atoms with Gasteiger partial charge in [0.2, 0.25) is 0 Å². The van der Waals surface area contributed by atoms with Crippen LogP contribution in [-0.2, 0) is 4.74 Å². The number of thiophene rings is 1. The first-order chi connectivity index (χ1) is 13.7. The van der Waals surface area contributed by atoms with Crippen molar-refractivity contribution in [1.29, 1.82) is 0 Å². The van der Waals surface area contributed by atoms with Crippen molar-refractivity contribution in [3.63, 3.8) is 0 Å². The molecule has 0 saturated carbocycles. The molecule has 0 radical (unpaired) electrons. The summed E-state index contributed by atoms with van der Waals surface area (Å²) < 4.78 is 19.3. The van der Waals surface area contributed by atoms with Crippen LogP contribution in [-0.4, -0.2) is 42.1 Å². The lowest BCUT2D eigenvalue weighted by atomic mass is 10.1. The number of ether oxygens (including phenoxy) is 1. The number of carbonyl (C=O) groups excluding carboxylic acids is 3. The molecule has 1 unspecified atom stereocenters. The number of anilines is 2. The lowest BCUT2D eigenvalue weighted by Crippen LogP contribution is -2.46. The highest BCUT2D eigenvalue weighted by Crippen LogP contribution is 2.37. The minimum absolute atomic E-state index is 0.00303. The van der Waals surface area contributed by atoms with Crippen LogP contribution >= 0.6 is 11.3 Å². The zero-order chi connectivity index (χ0) is 21.1. The molecule has 1 aromatic heterocycles. The molecule has 2 aromatic rings. The Bertz CT molecular complexity index is 964. The Hall–Kier alpha value is -3.34. The van der Waals surface area contributed by atoms with Crippen molar-refractivity contribution in [1.82, 2.24) is 4.90 Å². The monoisotopic (exact) mass is 421 g/mol. The molecule has 3 rings (SSSR count). The number of primary amides is 2. The van der Waals surface area contributed by atoms with E-state index >= 15 is 0 Å². The number of nitrogens with two attached hydrogens (primary N) is 3. The number of esters is 1. The minimum Gasteiger partial charge on any atom is -0.457 e. The Morgan fingerprint density at radius 3 is 2.66 bits per heavy atom. The summed E-state index contributed by atoms with van der Waals surface area (Å²) in [6.07, 6.45) is 0.698. The maximum Gasteiger partial charge on any atom is 0.341 e. The molecule has 9 nitrogen and oxygen atoms in total. The van der Waals surface area contributed by atoms with Gasteiger partial charge in [-0.25, -0.2) is 18.8 Å². The molecule has 1 aromatic carbocycles. The second kappa shape index (κ2) is 8.35. The number of nitrogen functional groups attached to an aromatic ring is 1. The summed E-state index contributed by atoms with van der Waals surface area (Å²) in [6, 6.07) is 4.29. The fourth-order valence-electron chi connectivity index (χ4n) is 3.02. The summed E-state index contributed by atoms with van der Waals surface area (Å²) >= 11 is 1.05. The molecule has 0 aliphatic carbocycles. The molecule has 1 fully saturated rings. The summed E-state index contributed by atoms with van der Waals surface area (Å²) in [7, 11) is 0. The van der Waals surface area contributed by atoms with Crippen LogP contribution in [0.15, 0.2) is 24.3 Å². The number of hydrogen-bond acceptors (Lipinski definition) is 6. The standard InChI is InChI=1S/C18H20FN5O4S/c19-12-6-9(3-4-13(12)20)14-7-11(15(29-14)23-17(21)26)16(25)28-10-2-1-5-24(8-10)18(22)27/h3-4,6-7,10H,1-2,5,8,20H2,(H2,22,27)(H3,21,23,26). The van der Waals surface area contributed by atoms with Crippen LogP contribution in [0.4, 0.5) is 24.7 Å². The van der Waals surface area contributed by atoms with E-state index < -0.39 is 30.0 Å². The number of hydrogen-bond donors (Lipinski definition) is 4. The van der Waals surface area contributed by atoms with E-state index in [0.29, 0.717) is 29.8 Å². The van der Waals surface area contributed by atoms with Gasteiger partial charge in [-0.15, -0.1) is 11.3 Å². The van der Waals surface area contributed by atoms with Crippen molar-refractivity contribution in [2.24, 2.45) is 11.5 Å². The highest BCUT2D eigenvalue weighted by atomic mass is 32.1. The van der Waals surface area contributed by atoms with E-state index in [0.717, 1.165) is 11.3 Å². The van der Waals surface area contributed by atoms with E-state index in [4.69, 9.17) is 21.9 Å². The largest absolute Gasteiger partial charge is 0.457 e. The Balaban J connectivity index is 1.85. The normalized spacial score (nSPS) is 16.3. The zero-order valence-corrected chi connectivity index (χ0v) is 16.1. The lowest BCUT2D eigenvalue weighted by Gasteiger charge is -2.31. The average Bonchev–Trinajstić information content (AvgIpc) is 3.07. The number of benzene rings is 1. The second-order valence-corrected chi connectivity index (χ2v) is 7.58. The summed E-state index contributed by atoms with van der Waals surface area (Å²) in [6.45, 7) is 0.697. The summed E-state index contributed by atoms with van der Waals surface area (Å²) in [5, 5.41) is 2.57. The molecule has 2 heterocycles. The van der Waals surface area contributed by atoms with Gasteiger partial charge in [0.25, 0.3) is 0 Å². The highest BCUT2D eigenvalue weighted by molar-refractivity contribution is 7.20. The topological polar surface area (TPSA) is 154 Å². The fraction of sp³-hybridized carbons (Fsp3) is 0.278. The molecule has 0 bridgehead atoms. The Labute approximate surface area is 169 Å². The van der Waals surface area contributed by atoms with Crippen LogP contribution < -0.4 is 22.5 Å². The number of amides is 4. The van der Waals surface area contributed by atoms with Crippen LogP contribution in [0.5, 0.6) is 0 Å². The SMILES string of the molecule is NC(=O)Nc1sc(-c2ccc(N)c(F)c2)cc1C(=O)OC1CCCN(C(N)=O)C1. The van der Waals surface area contributed by atoms with Gasteiger partial charge in [0, 0.05) is 11.4 Å². The third kappa shape index (κ3) is 4.74. The number of urea groups is 2. The summed E-state index contributed by atoms with van der Waals surface area (Å²) in [4.78, 5) is 37.3. The van der Waals surface area contributed by atoms with Crippen molar-refractivity contribution in [3.8, 4) is 10.4 Å². The highest BCUT2D eigenvalue weighted by Gasteiger charge is 2.27. The number of nitrogens with one attached hydrogen (secondary N) is 1. The van der Waals surface area contributed by atoms with Gasteiger partial charge >= 0.3 is 18.0 Å². The van der Waals surface area contributed by atoms with Crippen molar-refractivity contribution < 1.29 is 23.5 Å². The Morgan fingerprint density at radius 2 is 2.00 bits per heavy atom. The summed E-state index contributed by atoms with van der Waals surface area (Å²) in [5.41, 5.74) is 16.5. The number of halogens is 1. The van der Waals surface area contributed by atoms with Gasteiger partial charge in [-0.05, 0) is 36.6 Å². The van der Waals surface area contributed by atoms with Crippen molar-refractivity contribution in [2.75, 3.05) is 24.1 Å². The van der Waals surface area contributed by atoms with Crippen LogP contribution in [0.3, 0.4) is 0 Å². The van der Waals surface area contributed by atoms with E-state index in [2.05, 4.69) is 5.32 Å². The van der Waals surface area contributed by atoms with Crippen LogP contribution in [0, 0.1) is 5.82 Å². The van der Waals surface area contributed by atoms with Gasteiger partial charge in [-0.1, -0.05) is 6.07 Å². The third-order valence-corrected chi connectivity index (χ3v) is 5.54. The van der Waals surface area contributed by atoms with E-state index in [-0.39, 0.29) is 22.8 Å². The van der Waals surface area contributed by atoms with Gasteiger partial charge < -0.3 is 26.8 Å². The zero-order valence-electron chi connectivity index (χ0n) is 15.3. The maximum absolute atomic E-state index is 13.8. The number of carbonyl (C=O) groups is 3. The number of nitrogens with zero attached hydrogens (tertiary/aromatic N) is 1. The second-order valence-electron chi connectivity index (χ2n) is 6.53. The minimum atomic E-state index is -0.853. The quantitative estimate of drug-likeness (QED) is 0.441. The molecule has 1 saturated heterocycles. The Kier molecular flexibility index (Phi) is 5.87. The number of piperidine rings is 1. The maximum atomic E-state index is 13.8. The molecular weight excluding hydrogens is 401 g/mol. The van der Waals surface area contributed by atoms with Crippen molar-refractivity contribution in [2.45, 2.75) is 18.9 Å². The molecule has 7 N–H and O–H groups in total. The smallest absolute Gasteiger partial charge is 0.341 e. The first-order valence-electron chi connectivity index (χ1n) is 8.75. The number of rotatable bonds is 4. The van der Waals surface area contributed by atoms with Crippen LogP contribution in [0.25, 0.3) is 10.4 Å². The molecule has 4 amide bonds. The molecule has 154 valence electrons. The van der Waals surface area contributed by atoms with Gasteiger partial charge in [0.05, 0.1) is 17.8 Å². The fourth-order valence-corrected chi connectivity index (χ4v) is 4.06. The predicted molar refractivity (Wildman–Crippen MR) is 107 cm³/mol. The average molecular weight is 421 g/mol. The van der Waals surface area contributed by atoms with Gasteiger partial charge in [-0.3, -0.25) is 5.32 Å². The Morgan fingerprint density at radius 1 is 1.24 bits per heavy atom. The predicted octanol–water partition coefficient (Wildman–Crippen LogP) is 2.33. The van der Waals surface area contributed by atoms with Crippen LogP contribution in [0.2, 0.25) is 0 Å². The summed E-state index contributed by atoms with van der Waals surface area (Å²) in [5.74, 6) is -1.29. The molecule has 1 aliphatic heterocycles. The first kappa shape index (κ1) is 20.4. The van der Waals surface area contributed by atoms with E-state index in [9.17, 15) is 18.8 Å².